The van der Waals surface area contributed by atoms with E-state index in [1.54, 1.807) is 0 Å². The van der Waals surface area contributed by atoms with Gasteiger partial charge in [0.2, 0.25) is 0 Å². The molecule has 3 heterocycles. The number of likely N-dealkylation sites (tertiary alicyclic amines) is 2. The van der Waals surface area contributed by atoms with Gasteiger partial charge < -0.3 is 15.1 Å². The van der Waals surface area contributed by atoms with E-state index in [4.69, 9.17) is 0 Å². The highest BCUT2D eigenvalue weighted by molar-refractivity contribution is 7.10. The van der Waals surface area contributed by atoms with Gasteiger partial charge >= 0.3 is 5.97 Å². The molecule has 2 aliphatic rings. The quantitative estimate of drug-likeness (QED) is 0.374. The first kappa shape index (κ1) is 26.1. The second kappa shape index (κ2) is 11.9. The molecule has 0 bridgehead atoms. The highest BCUT2D eigenvalue weighted by atomic mass is 32.1. The third-order valence-electron chi connectivity index (χ3n) is 8.34. The Kier molecular flexibility index (Phi) is 8.40. The number of nitrogens with zero attached hydrogens (tertiary/aromatic N) is 2. The van der Waals surface area contributed by atoms with Crippen molar-refractivity contribution in [2.75, 3.05) is 32.7 Å². The molecule has 0 spiro atoms. The topological polar surface area (TPSA) is 64.0 Å². The number of piperidine rings is 1. The molecule has 2 N–H and O–H groups in total. The van der Waals surface area contributed by atoms with Gasteiger partial charge in [-0.1, -0.05) is 66.7 Å². The van der Waals surface area contributed by atoms with Crippen LogP contribution in [0.5, 0.6) is 0 Å². The Morgan fingerprint density at radius 2 is 1.68 bits per heavy atom. The minimum atomic E-state index is -0.770. The van der Waals surface area contributed by atoms with Gasteiger partial charge in [-0.25, -0.2) is 0 Å². The van der Waals surface area contributed by atoms with Gasteiger partial charge in [0, 0.05) is 43.5 Å². The highest BCUT2D eigenvalue weighted by Gasteiger charge is 2.42. The summed E-state index contributed by atoms with van der Waals surface area (Å²) in [6, 6.07) is 24.4. The number of carboxylic acids is 1. The zero-order valence-electron chi connectivity index (χ0n) is 21.4. The summed E-state index contributed by atoms with van der Waals surface area (Å²) in [5.74, 6) is -0.114. The Morgan fingerprint density at radius 3 is 2.32 bits per heavy atom. The van der Waals surface area contributed by atoms with Crippen LogP contribution in [-0.2, 0) is 11.2 Å². The lowest BCUT2D eigenvalue weighted by molar-refractivity contribution is -0.143. The lowest BCUT2D eigenvalue weighted by Gasteiger charge is -2.40. The molecule has 0 radical (unpaired) electrons. The minimum absolute atomic E-state index is 0.301. The van der Waals surface area contributed by atoms with Gasteiger partial charge in [-0.3, -0.25) is 9.69 Å². The van der Waals surface area contributed by atoms with Crippen LogP contribution in [0.25, 0.3) is 0 Å². The molecule has 1 aromatic heterocycles. The van der Waals surface area contributed by atoms with Crippen LogP contribution in [0.2, 0.25) is 0 Å². The van der Waals surface area contributed by atoms with Crippen molar-refractivity contribution in [3.05, 3.63) is 94.2 Å². The summed E-state index contributed by atoms with van der Waals surface area (Å²) in [5.41, 5.74) is 2.06. The van der Waals surface area contributed by atoms with E-state index in [0.29, 0.717) is 11.8 Å². The van der Waals surface area contributed by atoms with Crippen molar-refractivity contribution in [1.82, 2.24) is 9.80 Å². The molecule has 0 amide bonds. The fourth-order valence-electron chi connectivity index (χ4n) is 6.28. The van der Waals surface area contributed by atoms with Crippen LogP contribution >= 0.6 is 11.3 Å². The molecule has 5 rings (SSSR count). The lowest BCUT2D eigenvalue weighted by Crippen LogP contribution is -2.46. The van der Waals surface area contributed by atoms with E-state index in [-0.39, 0.29) is 0 Å². The summed E-state index contributed by atoms with van der Waals surface area (Å²) in [4.78, 5) is 17.9. The second-order valence-corrected chi connectivity index (χ2v) is 11.8. The molecular weight excluding hydrogens is 480 g/mol. The molecule has 196 valence electrons. The second-order valence-electron chi connectivity index (χ2n) is 10.9. The van der Waals surface area contributed by atoms with Crippen LogP contribution in [0.1, 0.15) is 53.6 Å². The van der Waals surface area contributed by atoms with Crippen LogP contribution < -0.4 is 0 Å². The van der Waals surface area contributed by atoms with Gasteiger partial charge in [0.15, 0.2) is 0 Å². The van der Waals surface area contributed by atoms with Gasteiger partial charge in [0.1, 0.15) is 6.04 Å². The molecule has 2 aliphatic heterocycles. The fraction of sp³-hybridized carbons (Fsp3) is 0.452. The van der Waals surface area contributed by atoms with Crippen LogP contribution in [0.4, 0.5) is 0 Å². The molecule has 0 aliphatic carbocycles. The summed E-state index contributed by atoms with van der Waals surface area (Å²) >= 11 is 1.52. The number of carboxylic acid groups (broad SMARTS) is 1. The summed E-state index contributed by atoms with van der Waals surface area (Å²) in [6.07, 6.45) is 4.48. The van der Waals surface area contributed by atoms with Crippen molar-refractivity contribution in [1.29, 1.82) is 0 Å². The van der Waals surface area contributed by atoms with E-state index in [0.717, 1.165) is 69.7 Å². The number of aliphatic carboxylic acids is 1. The third-order valence-corrected chi connectivity index (χ3v) is 9.26. The van der Waals surface area contributed by atoms with E-state index in [9.17, 15) is 15.0 Å². The molecule has 2 saturated heterocycles. The largest absolute Gasteiger partial charge is 0.480 e. The van der Waals surface area contributed by atoms with E-state index >= 15 is 0 Å². The Labute approximate surface area is 224 Å². The lowest BCUT2D eigenvalue weighted by atomic mass is 9.84. The van der Waals surface area contributed by atoms with Gasteiger partial charge in [0.25, 0.3) is 0 Å². The first-order valence-corrected chi connectivity index (χ1v) is 14.4. The number of hydrogen-bond donors (Lipinski definition) is 2. The number of benzene rings is 2. The molecule has 3 atom stereocenters. The zero-order chi connectivity index (χ0) is 25.7. The third kappa shape index (κ3) is 6.50. The average Bonchev–Trinajstić information content (AvgIpc) is 3.58. The maximum absolute atomic E-state index is 12.3. The standard InChI is InChI=1S/C31H38N2O3S/c34-30(35)29(28-14-8-20-37-28)33-22-26(27(23-33)25-12-5-2-6-13-25)21-32-18-16-31(36,17-19-32)15-7-11-24-9-3-1-4-10-24/h1-6,8-10,12-14,20,26-27,29,36H,7,11,15-19,21-23H2,(H,34,35). The van der Waals surface area contributed by atoms with E-state index < -0.39 is 17.6 Å². The summed E-state index contributed by atoms with van der Waals surface area (Å²) in [5, 5.41) is 23.3. The predicted octanol–water partition coefficient (Wildman–Crippen LogP) is 5.44. The van der Waals surface area contributed by atoms with Gasteiger partial charge in [-0.05, 0) is 60.6 Å². The summed E-state index contributed by atoms with van der Waals surface area (Å²) in [7, 11) is 0. The van der Waals surface area contributed by atoms with Gasteiger partial charge in [0.05, 0.1) is 5.60 Å². The fourth-order valence-corrected chi connectivity index (χ4v) is 7.13. The Hall–Kier alpha value is -2.51. The number of aryl methyl sites for hydroxylation is 1. The molecule has 2 aromatic carbocycles. The molecule has 37 heavy (non-hydrogen) atoms. The first-order chi connectivity index (χ1) is 18.0. The Balaban J connectivity index is 1.21. The first-order valence-electron chi connectivity index (χ1n) is 13.5. The zero-order valence-corrected chi connectivity index (χ0v) is 22.2. The number of carbonyl (C=O) groups is 1. The number of rotatable bonds is 10. The van der Waals surface area contributed by atoms with Crippen molar-refractivity contribution in [3.63, 3.8) is 0 Å². The molecule has 0 saturated carbocycles. The summed E-state index contributed by atoms with van der Waals surface area (Å²) < 4.78 is 0. The molecular formula is C31H38N2O3S. The van der Waals surface area contributed by atoms with Crippen molar-refractivity contribution < 1.29 is 15.0 Å². The Morgan fingerprint density at radius 1 is 0.973 bits per heavy atom. The van der Waals surface area contributed by atoms with Crippen molar-refractivity contribution >= 4 is 17.3 Å². The van der Waals surface area contributed by atoms with Crippen LogP contribution in [0.3, 0.4) is 0 Å². The van der Waals surface area contributed by atoms with Gasteiger partial charge in [-0.15, -0.1) is 11.3 Å². The van der Waals surface area contributed by atoms with Crippen LogP contribution in [-0.4, -0.2) is 64.3 Å². The van der Waals surface area contributed by atoms with Crippen molar-refractivity contribution in [3.8, 4) is 0 Å². The highest BCUT2D eigenvalue weighted by Crippen LogP contribution is 2.39. The number of aliphatic hydroxyl groups is 1. The maximum atomic E-state index is 12.3. The van der Waals surface area contributed by atoms with E-state index in [1.807, 2.05) is 29.6 Å². The molecule has 3 aromatic rings. The molecule has 2 fully saturated rings. The monoisotopic (exact) mass is 518 g/mol. The molecule has 6 heteroatoms. The van der Waals surface area contributed by atoms with Crippen LogP contribution in [0, 0.1) is 5.92 Å². The molecule has 3 unspecified atom stereocenters. The van der Waals surface area contributed by atoms with Crippen molar-refractivity contribution in [2.24, 2.45) is 5.92 Å². The number of thiophene rings is 1. The number of hydrogen-bond acceptors (Lipinski definition) is 5. The minimum Gasteiger partial charge on any atom is -0.480 e. The predicted molar refractivity (Wildman–Crippen MR) is 149 cm³/mol. The Bertz CT molecular complexity index is 1110. The average molecular weight is 519 g/mol. The maximum Gasteiger partial charge on any atom is 0.326 e. The van der Waals surface area contributed by atoms with E-state index in [1.165, 1.54) is 22.5 Å². The van der Waals surface area contributed by atoms with Gasteiger partial charge in [-0.2, -0.15) is 0 Å². The summed E-state index contributed by atoms with van der Waals surface area (Å²) in [6.45, 7) is 4.25. The smallest absolute Gasteiger partial charge is 0.326 e. The van der Waals surface area contributed by atoms with Crippen LogP contribution in [0.15, 0.2) is 78.2 Å². The normalized spacial score (nSPS) is 23.2. The molecule has 5 nitrogen and oxygen atoms in total. The van der Waals surface area contributed by atoms with E-state index in [2.05, 4.69) is 58.3 Å². The van der Waals surface area contributed by atoms with Crippen molar-refractivity contribution in [2.45, 2.75) is 49.7 Å². The SMILES string of the molecule is O=C(O)C(c1cccs1)N1CC(CN2CCC(O)(CCCc3ccccc3)CC2)C(c2ccccc2)C1.